The van der Waals surface area contributed by atoms with E-state index in [0.717, 1.165) is 39.7 Å². The summed E-state index contributed by atoms with van der Waals surface area (Å²) in [6.07, 6.45) is 9.45. The molecule has 0 bridgehead atoms. The summed E-state index contributed by atoms with van der Waals surface area (Å²) in [6.45, 7) is 7.42. The Kier molecular flexibility index (Phi) is 10.5. The van der Waals surface area contributed by atoms with Gasteiger partial charge in [-0.2, -0.15) is 0 Å². The van der Waals surface area contributed by atoms with E-state index >= 15 is 0 Å². The lowest BCUT2D eigenvalue weighted by molar-refractivity contribution is 0.395. The topological polar surface area (TPSA) is 47.1 Å². The molecule has 3 aromatic rings. The van der Waals surface area contributed by atoms with E-state index in [2.05, 4.69) is 53.8 Å². The van der Waals surface area contributed by atoms with Crippen LogP contribution in [0.2, 0.25) is 0 Å². The highest BCUT2D eigenvalue weighted by Crippen LogP contribution is 2.33. The van der Waals surface area contributed by atoms with E-state index in [1.54, 1.807) is 14.2 Å². The molecule has 0 saturated carbocycles. The maximum Gasteiger partial charge on any atom is 0.130 e. The second-order valence-electron chi connectivity index (χ2n) is 6.91. The molecule has 0 amide bonds. The predicted molar refractivity (Wildman–Crippen MR) is 142 cm³/mol. The summed E-state index contributed by atoms with van der Waals surface area (Å²) in [7, 11) is 3.32. The van der Waals surface area contributed by atoms with Crippen LogP contribution in [-0.2, 0) is 0 Å². The Bertz CT molecular complexity index is 1140. The number of aromatic amines is 1. The molecule has 0 aliphatic carbocycles. The zero-order chi connectivity index (χ0) is 24.2. The monoisotopic (exact) mass is 482 g/mol. The van der Waals surface area contributed by atoms with Crippen molar-refractivity contribution in [2.24, 2.45) is 0 Å². The molecule has 0 radical (unpaired) electrons. The molecule has 1 heterocycles. The van der Waals surface area contributed by atoms with Crippen LogP contribution in [-0.4, -0.2) is 24.2 Å². The van der Waals surface area contributed by atoms with Gasteiger partial charge in [-0.3, -0.25) is 0 Å². The minimum atomic E-state index is 0.449. The third kappa shape index (κ3) is 8.01. The summed E-state index contributed by atoms with van der Waals surface area (Å²) >= 11 is 10.3. The number of halogens is 2. The molecule has 0 atom stereocenters. The number of H-pyrrole nitrogens is 1. The van der Waals surface area contributed by atoms with Crippen molar-refractivity contribution < 1.29 is 9.47 Å². The molecule has 4 nitrogen and oxygen atoms in total. The largest absolute Gasteiger partial charge is 0.497 e. The molecule has 0 fully saturated rings. The first-order chi connectivity index (χ1) is 15.9. The standard InChI is InChI=1S/C23H24N2O2.C4H4Cl2/c1-5-16(2)21-15-24-23(25-21)13-8-17-6-9-18(10-7-17)20-12-11-19(26-3)14-22(20)27-4;1-4(6)2-3-5/h5-15H,1-4H3,(H,24,25);2-3H,1H2/b13-8+,16-5+;3-2+. The molecule has 33 heavy (non-hydrogen) atoms. The van der Waals surface area contributed by atoms with Crippen LogP contribution in [0.15, 0.2) is 78.0 Å². The normalized spacial score (nSPS) is 11.4. The van der Waals surface area contributed by atoms with Crippen LogP contribution in [0.1, 0.15) is 30.9 Å². The van der Waals surface area contributed by atoms with Crippen molar-refractivity contribution in [3.05, 3.63) is 95.0 Å². The van der Waals surface area contributed by atoms with Crippen molar-refractivity contribution in [2.45, 2.75) is 13.8 Å². The van der Waals surface area contributed by atoms with Gasteiger partial charge in [-0.25, -0.2) is 4.98 Å². The van der Waals surface area contributed by atoms with E-state index in [1.807, 2.05) is 43.5 Å². The van der Waals surface area contributed by atoms with Gasteiger partial charge in [0.05, 0.1) is 26.1 Å². The number of allylic oxidation sites excluding steroid dienone is 4. The highest BCUT2D eigenvalue weighted by molar-refractivity contribution is 6.32. The molecule has 1 N–H and O–H groups in total. The quantitative estimate of drug-likeness (QED) is 0.345. The Morgan fingerprint density at radius 2 is 1.79 bits per heavy atom. The van der Waals surface area contributed by atoms with Crippen molar-refractivity contribution in [2.75, 3.05) is 14.2 Å². The van der Waals surface area contributed by atoms with Crippen molar-refractivity contribution in [1.82, 2.24) is 9.97 Å². The van der Waals surface area contributed by atoms with Gasteiger partial charge in [0.1, 0.15) is 17.3 Å². The van der Waals surface area contributed by atoms with Gasteiger partial charge in [0.15, 0.2) is 0 Å². The number of methoxy groups -OCH3 is 2. The molecular formula is C27H28Cl2N2O2. The Balaban J connectivity index is 0.000000569. The van der Waals surface area contributed by atoms with Crippen molar-refractivity contribution in [1.29, 1.82) is 0 Å². The van der Waals surface area contributed by atoms with Gasteiger partial charge in [0.25, 0.3) is 0 Å². The van der Waals surface area contributed by atoms with Crippen LogP contribution in [0.3, 0.4) is 0 Å². The Labute approximate surface area is 205 Å². The first-order valence-electron chi connectivity index (χ1n) is 10.2. The van der Waals surface area contributed by atoms with Gasteiger partial charge >= 0.3 is 0 Å². The van der Waals surface area contributed by atoms with Crippen LogP contribution >= 0.6 is 23.2 Å². The first-order valence-corrected chi connectivity index (χ1v) is 11.0. The van der Waals surface area contributed by atoms with Gasteiger partial charge in [-0.1, -0.05) is 66.2 Å². The molecular weight excluding hydrogens is 455 g/mol. The number of aromatic nitrogens is 2. The number of nitrogens with zero attached hydrogens (tertiary/aromatic N) is 1. The van der Waals surface area contributed by atoms with E-state index in [0.29, 0.717) is 5.03 Å². The SMILES string of the molecule is C/C=C(\C)c1cnc(/C=C/c2ccc(-c3ccc(OC)cc3OC)cc2)[nH]1.C=C(Cl)/C=C/Cl. The van der Waals surface area contributed by atoms with Gasteiger partial charge in [0.2, 0.25) is 0 Å². The van der Waals surface area contributed by atoms with E-state index in [4.69, 9.17) is 32.7 Å². The number of benzene rings is 2. The number of nitrogens with one attached hydrogen (secondary N) is 1. The molecule has 1 aromatic heterocycles. The summed E-state index contributed by atoms with van der Waals surface area (Å²) in [5.74, 6) is 2.41. The molecule has 0 aliphatic rings. The lowest BCUT2D eigenvalue weighted by atomic mass is 10.0. The fourth-order valence-electron chi connectivity index (χ4n) is 2.83. The Morgan fingerprint density at radius 3 is 2.33 bits per heavy atom. The summed E-state index contributed by atoms with van der Waals surface area (Å²) in [5, 5.41) is 0.449. The third-order valence-corrected chi connectivity index (χ3v) is 5.01. The lowest BCUT2D eigenvalue weighted by Crippen LogP contribution is -1.90. The lowest BCUT2D eigenvalue weighted by Gasteiger charge is -2.10. The van der Waals surface area contributed by atoms with E-state index < -0.39 is 0 Å². The zero-order valence-electron chi connectivity index (χ0n) is 19.2. The highest BCUT2D eigenvalue weighted by atomic mass is 35.5. The minimum absolute atomic E-state index is 0.449. The summed E-state index contributed by atoms with van der Waals surface area (Å²) in [4.78, 5) is 7.70. The van der Waals surface area contributed by atoms with Gasteiger partial charge in [-0.05, 0) is 54.8 Å². The first kappa shape index (κ1) is 26.0. The number of ether oxygens (including phenoxy) is 2. The zero-order valence-corrected chi connectivity index (χ0v) is 20.7. The summed E-state index contributed by atoms with van der Waals surface area (Å²) in [5.41, 5.74) is 6.77. The fourth-order valence-corrected chi connectivity index (χ4v) is 3.11. The maximum atomic E-state index is 5.50. The van der Waals surface area contributed by atoms with Crippen molar-refractivity contribution in [3.63, 3.8) is 0 Å². The van der Waals surface area contributed by atoms with Crippen molar-refractivity contribution in [3.8, 4) is 22.6 Å². The molecule has 0 saturated heterocycles. The van der Waals surface area contributed by atoms with Gasteiger partial charge in [-0.15, -0.1) is 0 Å². The Hall–Kier alpha value is -3.21. The van der Waals surface area contributed by atoms with Crippen LogP contribution in [0.4, 0.5) is 0 Å². The summed E-state index contributed by atoms with van der Waals surface area (Å²) in [6, 6.07) is 14.2. The predicted octanol–water partition coefficient (Wildman–Crippen LogP) is 8.18. The van der Waals surface area contributed by atoms with Gasteiger partial charge < -0.3 is 14.5 Å². The maximum absolute atomic E-state index is 5.50. The number of imidazole rings is 1. The van der Waals surface area contributed by atoms with Gasteiger partial charge in [0, 0.05) is 22.2 Å². The molecule has 6 heteroatoms. The van der Waals surface area contributed by atoms with E-state index in [-0.39, 0.29) is 0 Å². The second kappa shape index (κ2) is 13.4. The summed E-state index contributed by atoms with van der Waals surface area (Å²) < 4.78 is 10.8. The number of hydrogen-bond acceptors (Lipinski definition) is 3. The molecule has 172 valence electrons. The average molecular weight is 483 g/mol. The van der Waals surface area contributed by atoms with Crippen LogP contribution in [0, 0.1) is 0 Å². The number of hydrogen-bond donors (Lipinski definition) is 1. The van der Waals surface area contributed by atoms with Crippen molar-refractivity contribution >= 4 is 40.9 Å². The minimum Gasteiger partial charge on any atom is -0.497 e. The second-order valence-corrected chi connectivity index (χ2v) is 7.65. The Morgan fingerprint density at radius 1 is 1.06 bits per heavy atom. The van der Waals surface area contributed by atoms with Crippen LogP contribution in [0.5, 0.6) is 11.5 Å². The number of rotatable bonds is 7. The van der Waals surface area contributed by atoms with E-state index in [1.165, 1.54) is 17.2 Å². The fraction of sp³-hybridized carbons (Fsp3) is 0.148. The smallest absolute Gasteiger partial charge is 0.130 e. The van der Waals surface area contributed by atoms with Crippen LogP contribution in [0.25, 0.3) is 28.9 Å². The highest BCUT2D eigenvalue weighted by Gasteiger charge is 2.07. The molecule has 3 rings (SSSR count). The third-order valence-electron chi connectivity index (χ3n) is 4.76. The molecule has 2 aromatic carbocycles. The molecule has 0 spiro atoms. The van der Waals surface area contributed by atoms with Crippen LogP contribution < -0.4 is 9.47 Å². The average Bonchev–Trinajstić information content (AvgIpc) is 3.31. The van der Waals surface area contributed by atoms with E-state index in [9.17, 15) is 0 Å². The molecule has 0 unspecified atom stereocenters. The molecule has 0 aliphatic heterocycles.